The Bertz CT molecular complexity index is 731. The first-order valence-electron chi connectivity index (χ1n) is 6.02. The second-order valence-corrected chi connectivity index (χ2v) is 5.49. The number of aromatic nitrogens is 1. The molecular weight excluding hydrogens is 292 g/mol. The lowest BCUT2D eigenvalue weighted by Gasteiger charge is -2.06. The Morgan fingerprint density at radius 1 is 1.24 bits per heavy atom. The van der Waals surface area contributed by atoms with Gasteiger partial charge >= 0.3 is 11.7 Å². The molecule has 7 heteroatoms. The zero-order chi connectivity index (χ0) is 15.6. The van der Waals surface area contributed by atoms with Crippen LogP contribution in [-0.4, -0.2) is 21.0 Å². The van der Waals surface area contributed by atoms with Crippen molar-refractivity contribution in [3.8, 4) is 0 Å². The molecule has 1 aromatic heterocycles. The van der Waals surface area contributed by atoms with Gasteiger partial charge in [-0.25, -0.2) is 9.78 Å². The standard InChI is InChI=1S/C14H12N2O4S/c1-8-3-4-10(7-9(8)2)21-13-12(16(19)20)6-5-11(15-13)14(17)18/h3-7H,1-2H3,(H,17,18). The van der Waals surface area contributed by atoms with E-state index in [2.05, 4.69) is 4.98 Å². The smallest absolute Gasteiger partial charge is 0.354 e. The van der Waals surface area contributed by atoms with Gasteiger partial charge in [-0.15, -0.1) is 0 Å². The Morgan fingerprint density at radius 3 is 2.52 bits per heavy atom. The number of rotatable bonds is 4. The normalized spacial score (nSPS) is 10.4. The van der Waals surface area contributed by atoms with Gasteiger partial charge in [0.05, 0.1) is 4.92 Å². The van der Waals surface area contributed by atoms with E-state index in [1.165, 1.54) is 6.07 Å². The molecule has 21 heavy (non-hydrogen) atoms. The van der Waals surface area contributed by atoms with E-state index in [0.29, 0.717) is 0 Å². The molecule has 0 aliphatic carbocycles. The molecule has 2 rings (SSSR count). The summed E-state index contributed by atoms with van der Waals surface area (Å²) in [5, 5.41) is 20.0. The van der Waals surface area contributed by atoms with E-state index >= 15 is 0 Å². The summed E-state index contributed by atoms with van der Waals surface area (Å²) >= 11 is 1.08. The fourth-order valence-electron chi connectivity index (χ4n) is 1.66. The van der Waals surface area contributed by atoms with Gasteiger partial charge in [-0.3, -0.25) is 10.1 Å². The van der Waals surface area contributed by atoms with Crippen LogP contribution in [0.25, 0.3) is 0 Å². The van der Waals surface area contributed by atoms with Gasteiger partial charge in [0.2, 0.25) is 0 Å². The Kier molecular flexibility index (Phi) is 4.23. The Balaban J connectivity index is 2.45. The van der Waals surface area contributed by atoms with Crippen molar-refractivity contribution >= 4 is 23.4 Å². The highest BCUT2D eigenvalue weighted by Crippen LogP contribution is 2.34. The molecule has 0 aliphatic heterocycles. The zero-order valence-electron chi connectivity index (χ0n) is 11.4. The molecule has 1 heterocycles. The van der Waals surface area contributed by atoms with Crippen molar-refractivity contribution in [2.45, 2.75) is 23.8 Å². The number of hydrogen-bond acceptors (Lipinski definition) is 5. The minimum atomic E-state index is -1.22. The number of aromatic carboxylic acids is 1. The molecule has 0 saturated heterocycles. The van der Waals surface area contributed by atoms with E-state index in [1.807, 2.05) is 32.0 Å². The van der Waals surface area contributed by atoms with Crippen LogP contribution in [0.3, 0.4) is 0 Å². The van der Waals surface area contributed by atoms with Crippen LogP contribution in [-0.2, 0) is 0 Å². The summed E-state index contributed by atoms with van der Waals surface area (Å²) in [7, 11) is 0. The molecule has 0 unspecified atom stereocenters. The highest BCUT2D eigenvalue weighted by Gasteiger charge is 2.19. The number of carboxylic acids is 1. The van der Waals surface area contributed by atoms with Gasteiger partial charge in [0.15, 0.2) is 5.03 Å². The molecule has 2 aromatic rings. The number of carbonyl (C=O) groups is 1. The second-order valence-electron chi connectivity index (χ2n) is 4.43. The van der Waals surface area contributed by atoms with E-state index in [1.54, 1.807) is 0 Å². The van der Waals surface area contributed by atoms with Crippen LogP contribution in [0.15, 0.2) is 40.3 Å². The largest absolute Gasteiger partial charge is 0.477 e. The SMILES string of the molecule is Cc1ccc(Sc2nc(C(=O)O)ccc2[N+](=O)[O-])cc1C. The lowest BCUT2D eigenvalue weighted by Crippen LogP contribution is -2.03. The van der Waals surface area contributed by atoms with Crippen molar-refractivity contribution in [2.24, 2.45) is 0 Å². The summed E-state index contributed by atoms with van der Waals surface area (Å²) in [4.78, 5) is 26.0. The molecular formula is C14H12N2O4S. The van der Waals surface area contributed by atoms with Crippen LogP contribution in [0.4, 0.5) is 5.69 Å². The predicted octanol–water partition coefficient (Wildman–Crippen LogP) is 3.46. The maximum Gasteiger partial charge on any atom is 0.354 e. The van der Waals surface area contributed by atoms with Crippen molar-refractivity contribution in [1.82, 2.24) is 4.98 Å². The number of aryl methyl sites for hydroxylation is 2. The van der Waals surface area contributed by atoms with Gasteiger partial charge in [-0.1, -0.05) is 17.8 Å². The monoisotopic (exact) mass is 304 g/mol. The molecule has 0 aliphatic rings. The van der Waals surface area contributed by atoms with E-state index < -0.39 is 10.9 Å². The van der Waals surface area contributed by atoms with Crippen LogP contribution < -0.4 is 0 Å². The molecule has 1 aromatic carbocycles. The van der Waals surface area contributed by atoms with E-state index in [9.17, 15) is 14.9 Å². The molecule has 6 nitrogen and oxygen atoms in total. The van der Waals surface area contributed by atoms with E-state index in [4.69, 9.17) is 5.11 Å². The van der Waals surface area contributed by atoms with Gasteiger partial charge < -0.3 is 5.11 Å². The third kappa shape index (κ3) is 3.38. The van der Waals surface area contributed by atoms with Crippen molar-refractivity contribution in [3.05, 3.63) is 57.3 Å². The first-order chi connectivity index (χ1) is 9.88. The third-order valence-electron chi connectivity index (χ3n) is 2.95. The van der Waals surface area contributed by atoms with Gasteiger partial charge in [0, 0.05) is 11.0 Å². The molecule has 108 valence electrons. The quantitative estimate of drug-likeness (QED) is 0.686. The minimum Gasteiger partial charge on any atom is -0.477 e. The Labute approximate surface area is 125 Å². The number of nitrogens with zero attached hydrogens (tertiary/aromatic N) is 2. The van der Waals surface area contributed by atoms with E-state index in [-0.39, 0.29) is 16.4 Å². The minimum absolute atomic E-state index is 0.0724. The van der Waals surface area contributed by atoms with Gasteiger partial charge in [0.25, 0.3) is 0 Å². The second kappa shape index (κ2) is 5.92. The fraction of sp³-hybridized carbons (Fsp3) is 0.143. The molecule has 0 radical (unpaired) electrons. The third-order valence-corrected chi connectivity index (χ3v) is 3.93. The lowest BCUT2D eigenvalue weighted by molar-refractivity contribution is -0.388. The van der Waals surface area contributed by atoms with Crippen LogP contribution in [0.2, 0.25) is 0 Å². The van der Waals surface area contributed by atoms with Gasteiger partial charge in [-0.05, 0) is 43.2 Å². The first-order valence-corrected chi connectivity index (χ1v) is 6.84. The number of carboxylic acid groups (broad SMARTS) is 1. The number of pyridine rings is 1. The van der Waals surface area contributed by atoms with Crippen LogP contribution in [0, 0.1) is 24.0 Å². The number of hydrogen-bond donors (Lipinski definition) is 1. The summed E-state index contributed by atoms with van der Waals surface area (Å²) in [6, 6.07) is 7.92. The summed E-state index contributed by atoms with van der Waals surface area (Å²) in [5.41, 5.74) is 1.74. The zero-order valence-corrected chi connectivity index (χ0v) is 12.2. The van der Waals surface area contributed by atoms with E-state index in [0.717, 1.165) is 33.9 Å². The van der Waals surface area contributed by atoms with Crippen LogP contribution in [0.5, 0.6) is 0 Å². The van der Waals surface area contributed by atoms with Gasteiger partial charge in [0.1, 0.15) is 5.69 Å². The first kappa shape index (κ1) is 15.0. The molecule has 0 spiro atoms. The average molecular weight is 304 g/mol. The highest BCUT2D eigenvalue weighted by atomic mass is 32.2. The van der Waals surface area contributed by atoms with Gasteiger partial charge in [-0.2, -0.15) is 0 Å². The summed E-state index contributed by atoms with van der Waals surface area (Å²) in [6.07, 6.45) is 0. The molecule has 1 N–H and O–H groups in total. The van der Waals surface area contributed by atoms with Crippen LogP contribution in [0.1, 0.15) is 21.6 Å². The lowest BCUT2D eigenvalue weighted by atomic mass is 10.1. The molecule has 0 saturated carbocycles. The molecule has 0 amide bonds. The summed E-state index contributed by atoms with van der Waals surface area (Å²) in [5.74, 6) is -1.22. The number of nitro groups is 1. The Morgan fingerprint density at radius 2 is 1.95 bits per heavy atom. The van der Waals surface area contributed by atoms with Crippen LogP contribution >= 0.6 is 11.8 Å². The van der Waals surface area contributed by atoms with Crippen molar-refractivity contribution in [3.63, 3.8) is 0 Å². The van der Waals surface area contributed by atoms with Crippen molar-refractivity contribution in [1.29, 1.82) is 0 Å². The molecule has 0 bridgehead atoms. The number of benzene rings is 1. The summed E-state index contributed by atoms with van der Waals surface area (Å²) < 4.78 is 0. The Hall–Kier alpha value is -2.41. The maximum atomic E-state index is 11.0. The molecule has 0 fully saturated rings. The predicted molar refractivity (Wildman–Crippen MR) is 77.9 cm³/mol. The van der Waals surface area contributed by atoms with Crippen molar-refractivity contribution in [2.75, 3.05) is 0 Å². The fourth-order valence-corrected chi connectivity index (χ4v) is 2.64. The topological polar surface area (TPSA) is 93.3 Å². The highest BCUT2D eigenvalue weighted by molar-refractivity contribution is 7.99. The van der Waals surface area contributed by atoms with Crippen molar-refractivity contribution < 1.29 is 14.8 Å². The molecule has 0 atom stereocenters. The maximum absolute atomic E-state index is 11.0. The summed E-state index contributed by atoms with van der Waals surface area (Å²) in [6.45, 7) is 3.91. The average Bonchev–Trinajstić information content (AvgIpc) is 2.42.